The fourth-order valence-corrected chi connectivity index (χ4v) is 0.811. The minimum Gasteiger partial charge on any atom is -0.504 e. The maximum atomic E-state index is 9.44. The van der Waals surface area contributed by atoms with E-state index in [9.17, 15) is 5.11 Å². The van der Waals surface area contributed by atoms with E-state index in [1.165, 1.54) is 19.3 Å². The molecule has 1 atom stereocenters. The molecule has 0 saturated heterocycles. The number of phenolic OH excluding ortho intramolecular Hbond substituents is 1. The highest BCUT2D eigenvalue weighted by atomic mass is 16.5. The molecule has 1 aromatic rings. The quantitative estimate of drug-likeness (QED) is 0.699. The molecule has 2 nitrogen and oxygen atoms in total. The summed E-state index contributed by atoms with van der Waals surface area (Å²) in [6.07, 6.45) is 0.555. The van der Waals surface area contributed by atoms with Gasteiger partial charge < -0.3 is 9.84 Å². The summed E-state index contributed by atoms with van der Waals surface area (Å²) in [7, 11) is 1.36. The molecule has 0 saturated carbocycles. The lowest BCUT2D eigenvalue weighted by atomic mass is 10.1. The van der Waals surface area contributed by atoms with Gasteiger partial charge in [-0.25, -0.2) is 0 Å². The minimum atomic E-state index is -0.795. The molecule has 1 unspecified atom stereocenters. The van der Waals surface area contributed by atoms with E-state index in [-0.39, 0.29) is 23.6 Å². The Labute approximate surface area is 76.3 Å². The molecule has 0 aromatic heterocycles. The summed E-state index contributed by atoms with van der Waals surface area (Å²) in [6.45, 7) is 3.45. The van der Waals surface area contributed by atoms with Crippen LogP contribution in [0.1, 0.15) is 9.68 Å². The third kappa shape index (κ3) is 1.78. The van der Waals surface area contributed by atoms with Gasteiger partial charge in [-0.15, -0.1) is 6.58 Å². The van der Waals surface area contributed by atoms with Crippen molar-refractivity contribution in [2.75, 3.05) is 7.11 Å². The van der Waals surface area contributed by atoms with Crippen LogP contribution in [0.2, 0.25) is 0 Å². The number of allylic oxidation sites excluding steroid dienone is 1. The van der Waals surface area contributed by atoms with Gasteiger partial charge in [-0.2, -0.15) is 0 Å². The van der Waals surface area contributed by atoms with E-state index in [1.807, 2.05) is 0 Å². The van der Waals surface area contributed by atoms with Crippen LogP contribution in [0.5, 0.6) is 11.5 Å². The van der Waals surface area contributed by atoms with Gasteiger partial charge in [-0.3, -0.25) is 0 Å². The summed E-state index contributed by atoms with van der Waals surface area (Å²) in [5.41, 5.74) is 0.296. The molecule has 0 aliphatic carbocycles. The standard InChI is InChI=1S/C10H12O2/c1-3-4-8-5-6-9(11)10(7-8)12-2/h3,5-7,11H,1,4H2,2H3/i4D,5D,6D. The highest BCUT2D eigenvalue weighted by molar-refractivity contribution is 5.42. The van der Waals surface area contributed by atoms with Crippen LogP contribution in [0, 0.1) is 0 Å². The summed E-state index contributed by atoms with van der Waals surface area (Å²) in [4.78, 5) is 0. The fraction of sp³-hybridized carbons (Fsp3) is 0.200. The molecule has 0 aliphatic heterocycles. The van der Waals surface area contributed by atoms with E-state index in [0.29, 0.717) is 5.56 Å². The normalized spacial score (nSPS) is 15.6. The molecule has 1 rings (SSSR count). The molecule has 1 N–H and O–H groups in total. The summed E-state index contributed by atoms with van der Waals surface area (Å²) in [5, 5.41) is 9.44. The second-order valence-electron chi connectivity index (χ2n) is 2.17. The van der Waals surface area contributed by atoms with Gasteiger partial charge in [0, 0.05) is 1.37 Å². The van der Waals surface area contributed by atoms with Gasteiger partial charge in [0.05, 0.1) is 9.85 Å². The summed E-state index contributed by atoms with van der Waals surface area (Å²) in [6, 6.07) is 0.881. The zero-order valence-corrected chi connectivity index (χ0v) is 6.79. The van der Waals surface area contributed by atoms with Crippen LogP contribution in [-0.2, 0) is 6.40 Å². The number of phenols is 1. The first-order chi connectivity index (χ1) is 7.02. The fourth-order valence-electron chi connectivity index (χ4n) is 0.811. The van der Waals surface area contributed by atoms with Gasteiger partial charge in [0.25, 0.3) is 0 Å². The van der Waals surface area contributed by atoms with Crippen molar-refractivity contribution in [2.24, 2.45) is 0 Å². The molecule has 12 heavy (non-hydrogen) atoms. The Morgan fingerprint density at radius 2 is 2.58 bits per heavy atom. The van der Waals surface area contributed by atoms with Crippen LogP contribution >= 0.6 is 0 Å². The molecule has 1 aromatic carbocycles. The van der Waals surface area contributed by atoms with Gasteiger partial charge in [0.1, 0.15) is 0 Å². The Morgan fingerprint density at radius 1 is 1.83 bits per heavy atom. The second-order valence-corrected chi connectivity index (χ2v) is 2.17. The maximum absolute atomic E-state index is 9.44. The number of rotatable bonds is 3. The van der Waals surface area contributed by atoms with Gasteiger partial charge in [0.2, 0.25) is 0 Å². The van der Waals surface area contributed by atoms with E-state index >= 15 is 0 Å². The van der Waals surface area contributed by atoms with Crippen molar-refractivity contribution in [1.29, 1.82) is 0 Å². The Morgan fingerprint density at radius 3 is 3.17 bits per heavy atom. The second kappa shape index (κ2) is 3.81. The zero-order chi connectivity index (χ0) is 11.6. The molecule has 0 fully saturated rings. The number of aromatic hydroxyl groups is 1. The van der Waals surface area contributed by atoms with Crippen LogP contribution < -0.4 is 4.74 Å². The molecule has 0 amide bonds. The summed E-state index contributed by atoms with van der Waals surface area (Å²) in [5.74, 6) is -0.271. The molecular weight excluding hydrogens is 152 g/mol. The third-order valence-electron chi connectivity index (χ3n) is 1.36. The molecule has 0 bridgehead atoms. The van der Waals surface area contributed by atoms with Crippen molar-refractivity contribution >= 4 is 0 Å². The average molecular weight is 167 g/mol. The number of benzene rings is 1. The first-order valence-electron chi connectivity index (χ1n) is 5.02. The first kappa shape index (κ1) is 5.25. The lowest BCUT2D eigenvalue weighted by Gasteiger charge is -2.04. The lowest BCUT2D eigenvalue weighted by Crippen LogP contribution is -1.86. The Bertz CT molecular complexity index is 391. The molecule has 64 valence electrons. The van der Waals surface area contributed by atoms with Crippen molar-refractivity contribution in [3.05, 3.63) is 36.4 Å². The molecular formula is C10H12O2. The third-order valence-corrected chi connectivity index (χ3v) is 1.36. The van der Waals surface area contributed by atoms with E-state index in [2.05, 4.69) is 6.58 Å². The Balaban J connectivity index is 3.41. The van der Waals surface area contributed by atoms with Crippen LogP contribution in [0.4, 0.5) is 0 Å². The van der Waals surface area contributed by atoms with E-state index < -0.39 is 6.40 Å². The van der Waals surface area contributed by atoms with E-state index in [1.54, 1.807) is 0 Å². The average Bonchev–Trinajstić information content (AvgIpc) is 2.25. The molecule has 0 radical (unpaired) electrons. The monoisotopic (exact) mass is 167 g/mol. The number of methoxy groups -OCH3 is 1. The highest BCUT2D eigenvalue weighted by Crippen LogP contribution is 2.26. The van der Waals surface area contributed by atoms with E-state index in [0.717, 1.165) is 0 Å². The number of ether oxygens (including phenoxy) is 1. The van der Waals surface area contributed by atoms with Crippen LogP contribution in [0.15, 0.2) is 30.8 Å². The van der Waals surface area contributed by atoms with Gasteiger partial charge in [-0.1, -0.05) is 12.1 Å². The maximum Gasteiger partial charge on any atom is 0.160 e. The van der Waals surface area contributed by atoms with Crippen molar-refractivity contribution in [3.63, 3.8) is 0 Å². The topological polar surface area (TPSA) is 29.5 Å². The van der Waals surface area contributed by atoms with E-state index in [4.69, 9.17) is 8.85 Å². The predicted octanol–water partition coefficient (Wildman–Crippen LogP) is 2.13. The zero-order valence-electron chi connectivity index (χ0n) is 9.79. The SMILES string of the molecule is [2H]c1c(C([2H])C=C)cc(OC)c(O)c1[2H]. The summed E-state index contributed by atoms with van der Waals surface area (Å²) < 4.78 is 27.5. The molecule has 0 spiro atoms. The van der Waals surface area contributed by atoms with Crippen molar-refractivity contribution in [3.8, 4) is 11.5 Å². The van der Waals surface area contributed by atoms with Crippen molar-refractivity contribution < 1.29 is 14.0 Å². The van der Waals surface area contributed by atoms with Crippen LogP contribution in [0.3, 0.4) is 0 Å². The van der Waals surface area contributed by atoms with Gasteiger partial charge >= 0.3 is 0 Å². The highest BCUT2D eigenvalue weighted by Gasteiger charge is 2.00. The number of hydrogen-bond donors (Lipinski definition) is 1. The van der Waals surface area contributed by atoms with Gasteiger partial charge in [-0.05, 0) is 24.1 Å². The van der Waals surface area contributed by atoms with Crippen LogP contribution in [0.25, 0.3) is 0 Å². The number of hydrogen-bond acceptors (Lipinski definition) is 2. The minimum absolute atomic E-state index is 0.102. The lowest BCUT2D eigenvalue weighted by molar-refractivity contribution is 0.373. The predicted molar refractivity (Wildman–Crippen MR) is 48.6 cm³/mol. The largest absolute Gasteiger partial charge is 0.504 e. The first-order valence-corrected chi connectivity index (χ1v) is 3.44. The molecule has 0 aliphatic rings. The van der Waals surface area contributed by atoms with Gasteiger partial charge in [0.15, 0.2) is 11.5 Å². The van der Waals surface area contributed by atoms with Crippen LogP contribution in [-0.4, -0.2) is 12.2 Å². The molecule has 2 heteroatoms. The molecule has 0 heterocycles. The Hall–Kier alpha value is -1.44. The van der Waals surface area contributed by atoms with Crippen molar-refractivity contribution in [1.82, 2.24) is 0 Å². The van der Waals surface area contributed by atoms with Crippen molar-refractivity contribution in [2.45, 2.75) is 6.40 Å². The Kier molecular flexibility index (Phi) is 1.67. The smallest absolute Gasteiger partial charge is 0.160 e. The summed E-state index contributed by atoms with van der Waals surface area (Å²) >= 11 is 0.